The maximum Gasteiger partial charge on any atom is 0.135 e. The lowest BCUT2D eigenvalue weighted by atomic mass is 10.1. The first kappa shape index (κ1) is 16.4. The molecule has 24 heavy (non-hydrogen) atoms. The minimum Gasteiger partial charge on any atom is -0.370 e. The molecule has 0 unspecified atom stereocenters. The molecule has 4 nitrogen and oxygen atoms in total. The molecule has 1 aromatic heterocycles. The van der Waals surface area contributed by atoms with Crippen LogP contribution in [0.2, 0.25) is 0 Å². The molecule has 0 aliphatic heterocycles. The summed E-state index contributed by atoms with van der Waals surface area (Å²) in [6.07, 6.45) is 2.30. The maximum atomic E-state index is 12.9. The average molecular weight is 387 g/mol. The first-order valence-electron chi connectivity index (χ1n) is 7.52. The third-order valence-electron chi connectivity index (χ3n) is 3.44. The molecule has 1 heterocycles. The lowest BCUT2D eigenvalue weighted by Gasteiger charge is -2.10. The fourth-order valence-corrected chi connectivity index (χ4v) is 2.59. The van der Waals surface area contributed by atoms with E-state index in [1.807, 2.05) is 30.3 Å². The summed E-state index contributed by atoms with van der Waals surface area (Å²) in [4.78, 5) is 8.44. The van der Waals surface area contributed by atoms with Crippen molar-refractivity contribution in [2.75, 3.05) is 17.2 Å². The SMILES string of the molecule is Fc1ccc(CCNc2cc(Nc3ccccc3Br)ncn2)cc1. The van der Waals surface area contributed by atoms with Crippen molar-refractivity contribution in [3.05, 3.63) is 76.8 Å². The molecule has 0 radical (unpaired) electrons. The lowest BCUT2D eigenvalue weighted by Crippen LogP contribution is -2.07. The summed E-state index contributed by atoms with van der Waals surface area (Å²) in [5.41, 5.74) is 2.01. The van der Waals surface area contributed by atoms with Crippen LogP contribution in [0.4, 0.5) is 21.7 Å². The molecule has 6 heteroatoms. The van der Waals surface area contributed by atoms with Crippen molar-refractivity contribution >= 4 is 33.3 Å². The molecule has 0 bridgehead atoms. The molecule has 3 aromatic rings. The van der Waals surface area contributed by atoms with Crippen molar-refractivity contribution in [3.63, 3.8) is 0 Å². The summed E-state index contributed by atoms with van der Waals surface area (Å²) in [7, 11) is 0. The van der Waals surface area contributed by atoms with Gasteiger partial charge in [-0.25, -0.2) is 14.4 Å². The molecule has 0 amide bonds. The van der Waals surface area contributed by atoms with Gasteiger partial charge in [-0.05, 0) is 52.2 Å². The minimum absolute atomic E-state index is 0.217. The average Bonchev–Trinajstić information content (AvgIpc) is 2.59. The van der Waals surface area contributed by atoms with E-state index >= 15 is 0 Å². The third-order valence-corrected chi connectivity index (χ3v) is 4.13. The van der Waals surface area contributed by atoms with Gasteiger partial charge in [0.1, 0.15) is 23.8 Å². The van der Waals surface area contributed by atoms with E-state index in [0.29, 0.717) is 12.4 Å². The molecule has 0 aliphatic rings. The molecule has 2 N–H and O–H groups in total. The van der Waals surface area contributed by atoms with Crippen LogP contribution in [0.25, 0.3) is 0 Å². The first-order chi connectivity index (χ1) is 11.7. The molecule has 0 fully saturated rings. The van der Waals surface area contributed by atoms with Crippen molar-refractivity contribution in [2.45, 2.75) is 6.42 Å². The van der Waals surface area contributed by atoms with E-state index in [1.54, 1.807) is 12.1 Å². The number of halogens is 2. The molecule has 0 saturated carbocycles. The van der Waals surface area contributed by atoms with Crippen molar-refractivity contribution in [3.8, 4) is 0 Å². The van der Waals surface area contributed by atoms with Gasteiger partial charge in [0, 0.05) is 17.1 Å². The van der Waals surface area contributed by atoms with E-state index in [-0.39, 0.29) is 5.82 Å². The van der Waals surface area contributed by atoms with Gasteiger partial charge in [-0.1, -0.05) is 24.3 Å². The van der Waals surface area contributed by atoms with Crippen LogP contribution in [-0.4, -0.2) is 16.5 Å². The van der Waals surface area contributed by atoms with Crippen LogP contribution in [0.5, 0.6) is 0 Å². The summed E-state index contributed by atoms with van der Waals surface area (Å²) in [5.74, 6) is 1.23. The highest BCUT2D eigenvalue weighted by molar-refractivity contribution is 9.10. The molecule has 122 valence electrons. The summed E-state index contributed by atoms with van der Waals surface area (Å²) < 4.78 is 13.8. The number of para-hydroxylation sites is 1. The number of rotatable bonds is 6. The predicted octanol–water partition coefficient (Wildman–Crippen LogP) is 4.78. The molecule has 0 spiro atoms. The zero-order valence-corrected chi connectivity index (χ0v) is 14.4. The van der Waals surface area contributed by atoms with Gasteiger partial charge in [-0.2, -0.15) is 0 Å². The Labute approximate surface area is 148 Å². The highest BCUT2D eigenvalue weighted by Gasteiger charge is 2.02. The Kier molecular flexibility index (Phi) is 5.38. The second-order valence-corrected chi connectivity index (χ2v) is 6.05. The van der Waals surface area contributed by atoms with E-state index in [2.05, 4.69) is 36.5 Å². The number of hydrogen-bond donors (Lipinski definition) is 2. The molecule has 0 saturated heterocycles. The predicted molar refractivity (Wildman–Crippen MR) is 98.1 cm³/mol. The number of nitrogens with one attached hydrogen (secondary N) is 2. The quantitative estimate of drug-likeness (QED) is 0.640. The highest BCUT2D eigenvalue weighted by atomic mass is 79.9. The van der Waals surface area contributed by atoms with E-state index in [9.17, 15) is 4.39 Å². The van der Waals surface area contributed by atoms with Crippen molar-refractivity contribution < 1.29 is 4.39 Å². The smallest absolute Gasteiger partial charge is 0.135 e. The van der Waals surface area contributed by atoms with E-state index in [1.165, 1.54) is 18.5 Å². The van der Waals surface area contributed by atoms with Crippen LogP contribution < -0.4 is 10.6 Å². The monoisotopic (exact) mass is 386 g/mol. The fraction of sp³-hybridized carbons (Fsp3) is 0.111. The number of aromatic nitrogens is 2. The van der Waals surface area contributed by atoms with Crippen molar-refractivity contribution in [2.24, 2.45) is 0 Å². The zero-order chi connectivity index (χ0) is 16.8. The first-order valence-corrected chi connectivity index (χ1v) is 8.32. The molecule has 3 rings (SSSR count). The van der Waals surface area contributed by atoms with Gasteiger partial charge in [0.05, 0.1) is 5.69 Å². The molecule has 2 aromatic carbocycles. The van der Waals surface area contributed by atoms with Crippen LogP contribution in [0.3, 0.4) is 0 Å². The van der Waals surface area contributed by atoms with Gasteiger partial charge < -0.3 is 10.6 Å². The van der Waals surface area contributed by atoms with Gasteiger partial charge in [-0.15, -0.1) is 0 Å². The summed E-state index contributed by atoms with van der Waals surface area (Å²) in [5, 5.41) is 6.50. The number of benzene rings is 2. The Morgan fingerprint density at radius 1 is 0.958 bits per heavy atom. The summed E-state index contributed by atoms with van der Waals surface area (Å²) in [6, 6.07) is 16.2. The molecule has 0 atom stereocenters. The minimum atomic E-state index is -0.217. The van der Waals surface area contributed by atoms with E-state index < -0.39 is 0 Å². The molecular weight excluding hydrogens is 371 g/mol. The van der Waals surface area contributed by atoms with Gasteiger partial charge in [0.25, 0.3) is 0 Å². The Morgan fingerprint density at radius 3 is 2.50 bits per heavy atom. The van der Waals surface area contributed by atoms with Crippen LogP contribution >= 0.6 is 15.9 Å². The van der Waals surface area contributed by atoms with Crippen molar-refractivity contribution in [1.82, 2.24) is 9.97 Å². The lowest BCUT2D eigenvalue weighted by molar-refractivity contribution is 0.627. The second-order valence-electron chi connectivity index (χ2n) is 5.20. The Balaban J connectivity index is 1.59. The summed E-state index contributed by atoms with van der Waals surface area (Å²) in [6.45, 7) is 0.705. The van der Waals surface area contributed by atoms with Crippen LogP contribution in [0.1, 0.15) is 5.56 Å². The highest BCUT2D eigenvalue weighted by Crippen LogP contribution is 2.24. The Morgan fingerprint density at radius 2 is 1.71 bits per heavy atom. The van der Waals surface area contributed by atoms with Crippen LogP contribution in [0.15, 0.2) is 65.4 Å². The number of hydrogen-bond acceptors (Lipinski definition) is 4. The Bertz CT molecular complexity index is 808. The normalized spacial score (nSPS) is 10.4. The maximum absolute atomic E-state index is 12.9. The van der Waals surface area contributed by atoms with Crippen molar-refractivity contribution in [1.29, 1.82) is 0 Å². The fourth-order valence-electron chi connectivity index (χ4n) is 2.21. The molecule has 0 aliphatic carbocycles. The van der Waals surface area contributed by atoms with Gasteiger partial charge in [0.15, 0.2) is 0 Å². The summed E-state index contributed by atoms with van der Waals surface area (Å²) >= 11 is 3.50. The standard InChI is InChI=1S/C18H16BrFN4/c19-15-3-1-2-4-16(15)24-18-11-17(22-12-23-18)21-10-9-13-5-7-14(20)8-6-13/h1-8,11-12H,9-10H2,(H2,21,22,23,24). The van der Waals surface area contributed by atoms with Gasteiger partial charge >= 0.3 is 0 Å². The second kappa shape index (κ2) is 7.88. The van der Waals surface area contributed by atoms with E-state index in [0.717, 1.165) is 28.0 Å². The largest absolute Gasteiger partial charge is 0.370 e. The zero-order valence-electron chi connectivity index (χ0n) is 12.8. The molecular formula is C18H16BrFN4. The number of anilines is 3. The van der Waals surface area contributed by atoms with Crippen LogP contribution in [-0.2, 0) is 6.42 Å². The van der Waals surface area contributed by atoms with Crippen LogP contribution in [0, 0.1) is 5.82 Å². The third kappa shape index (κ3) is 4.52. The topological polar surface area (TPSA) is 49.8 Å². The van der Waals surface area contributed by atoms with Gasteiger partial charge in [0.2, 0.25) is 0 Å². The number of nitrogens with zero attached hydrogens (tertiary/aromatic N) is 2. The van der Waals surface area contributed by atoms with E-state index in [4.69, 9.17) is 0 Å². The van der Waals surface area contributed by atoms with Gasteiger partial charge in [-0.3, -0.25) is 0 Å². The Hall–Kier alpha value is -2.47.